The van der Waals surface area contributed by atoms with E-state index in [1.165, 1.54) is 30.5 Å². The van der Waals surface area contributed by atoms with Crippen LogP contribution in [0.4, 0.5) is 5.69 Å². The lowest BCUT2D eigenvalue weighted by molar-refractivity contribution is -0.384. The standard InChI is InChI=1S/C20H18ClN5O3/c1-13-18(14(2)25(24-13)12-16-5-3-4-6-19(16)21)11-22-23-20(27)15-7-9-17(10-8-15)26(28)29/h3-11H,12H2,1-2H3,(H,23,27)/b22-11+. The van der Waals surface area contributed by atoms with Crippen molar-refractivity contribution < 1.29 is 9.72 Å². The SMILES string of the molecule is Cc1nn(Cc2ccccc2Cl)c(C)c1/C=N/NC(=O)c1ccc([N+](=O)[O-])cc1. The first kappa shape index (κ1) is 20.2. The molecule has 0 saturated heterocycles. The molecule has 3 aromatic rings. The molecule has 148 valence electrons. The highest BCUT2D eigenvalue weighted by atomic mass is 35.5. The Labute approximate surface area is 172 Å². The van der Waals surface area contributed by atoms with Crippen molar-refractivity contribution >= 4 is 29.4 Å². The molecular weight excluding hydrogens is 394 g/mol. The second-order valence-corrected chi connectivity index (χ2v) is 6.74. The highest BCUT2D eigenvalue weighted by molar-refractivity contribution is 6.31. The van der Waals surface area contributed by atoms with Gasteiger partial charge < -0.3 is 0 Å². The van der Waals surface area contributed by atoms with Gasteiger partial charge in [0.2, 0.25) is 0 Å². The van der Waals surface area contributed by atoms with E-state index < -0.39 is 10.8 Å². The summed E-state index contributed by atoms with van der Waals surface area (Å²) in [4.78, 5) is 22.3. The van der Waals surface area contributed by atoms with Crippen LogP contribution >= 0.6 is 11.6 Å². The number of amides is 1. The van der Waals surface area contributed by atoms with Gasteiger partial charge in [0.1, 0.15) is 0 Å². The highest BCUT2D eigenvalue weighted by Gasteiger charge is 2.12. The molecule has 1 amide bonds. The minimum atomic E-state index is -0.522. The lowest BCUT2D eigenvalue weighted by Gasteiger charge is -2.06. The van der Waals surface area contributed by atoms with Gasteiger partial charge >= 0.3 is 0 Å². The Morgan fingerprint density at radius 1 is 1.24 bits per heavy atom. The van der Waals surface area contributed by atoms with E-state index >= 15 is 0 Å². The van der Waals surface area contributed by atoms with Crippen LogP contribution in [0, 0.1) is 24.0 Å². The van der Waals surface area contributed by atoms with Crippen LogP contribution in [-0.4, -0.2) is 26.8 Å². The highest BCUT2D eigenvalue weighted by Crippen LogP contribution is 2.18. The van der Waals surface area contributed by atoms with E-state index in [1.807, 2.05) is 42.8 Å². The number of benzene rings is 2. The van der Waals surface area contributed by atoms with Crippen molar-refractivity contribution in [3.63, 3.8) is 0 Å². The van der Waals surface area contributed by atoms with E-state index in [1.54, 1.807) is 0 Å². The molecule has 1 aromatic heterocycles. The van der Waals surface area contributed by atoms with Gasteiger partial charge in [-0.1, -0.05) is 29.8 Å². The maximum absolute atomic E-state index is 12.1. The van der Waals surface area contributed by atoms with Gasteiger partial charge in [0.15, 0.2) is 0 Å². The third-order valence-corrected chi connectivity index (χ3v) is 4.78. The predicted octanol–water partition coefficient (Wildman–Crippen LogP) is 3.87. The molecule has 0 atom stereocenters. The van der Waals surface area contributed by atoms with E-state index in [4.69, 9.17) is 11.6 Å². The van der Waals surface area contributed by atoms with E-state index in [9.17, 15) is 14.9 Å². The number of nitrogens with one attached hydrogen (secondary N) is 1. The fourth-order valence-corrected chi connectivity index (χ4v) is 2.99. The molecule has 0 radical (unpaired) electrons. The monoisotopic (exact) mass is 411 g/mol. The van der Waals surface area contributed by atoms with E-state index in [0.29, 0.717) is 11.6 Å². The van der Waals surface area contributed by atoms with Crippen LogP contribution in [-0.2, 0) is 6.54 Å². The number of non-ortho nitro benzene ring substituents is 1. The van der Waals surface area contributed by atoms with Crippen molar-refractivity contribution in [1.29, 1.82) is 0 Å². The Hall–Kier alpha value is -3.52. The van der Waals surface area contributed by atoms with E-state index in [2.05, 4.69) is 15.6 Å². The van der Waals surface area contributed by atoms with Crippen LogP contribution in [0.3, 0.4) is 0 Å². The molecule has 1 N–H and O–H groups in total. The predicted molar refractivity (Wildman–Crippen MR) is 110 cm³/mol. The van der Waals surface area contributed by atoms with Crippen LogP contribution < -0.4 is 5.43 Å². The zero-order valence-electron chi connectivity index (χ0n) is 15.8. The number of nitro benzene ring substituents is 1. The largest absolute Gasteiger partial charge is 0.271 e. The Kier molecular flexibility index (Phi) is 6.04. The average Bonchev–Trinajstić information content (AvgIpc) is 2.97. The summed E-state index contributed by atoms with van der Waals surface area (Å²) in [7, 11) is 0. The summed E-state index contributed by atoms with van der Waals surface area (Å²) in [6, 6.07) is 12.9. The number of hydrogen-bond acceptors (Lipinski definition) is 5. The average molecular weight is 412 g/mol. The lowest BCUT2D eigenvalue weighted by Crippen LogP contribution is -2.17. The molecule has 0 aliphatic rings. The molecule has 2 aromatic carbocycles. The third-order valence-electron chi connectivity index (χ3n) is 4.42. The summed E-state index contributed by atoms with van der Waals surface area (Å²) in [6.07, 6.45) is 1.53. The van der Waals surface area contributed by atoms with Crippen molar-refractivity contribution in [1.82, 2.24) is 15.2 Å². The molecule has 0 unspecified atom stereocenters. The normalized spacial score (nSPS) is 11.0. The van der Waals surface area contributed by atoms with Crippen molar-refractivity contribution in [2.75, 3.05) is 0 Å². The number of hydrazone groups is 1. The van der Waals surface area contributed by atoms with Crippen LogP contribution in [0.5, 0.6) is 0 Å². The van der Waals surface area contributed by atoms with Crippen LogP contribution in [0.25, 0.3) is 0 Å². The number of carbonyl (C=O) groups is 1. The topological polar surface area (TPSA) is 102 Å². The number of rotatable bonds is 6. The molecule has 0 fully saturated rings. The summed E-state index contributed by atoms with van der Waals surface area (Å²) in [5.74, 6) is -0.463. The van der Waals surface area contributed by atoms with Gasteiger partial charge in [0.25, 0.3) is 11.6 Å². The zero-order chi connectivity index (χ0) is 21.0. The molecule has 9 heteroatoms. The number of nitro groups is 1. The molecule has 1 heterocycles. The molecule has 29 heavy (non-hydrogen) atoms. The summed E-state index contributed by atoms with van der Waals surface area (Å²) < 4.78 is 1.83. The number of nitrogens with zero attached hydrogens (tertiary/aromatic N) is 4. The maximum Gasteiger partial charge on any atom is 0.271 e. The maximum atomic E-state index is 12.1. The zero-order valence-corrected chi connectivity index (χ0v) is 16.6. The van der Waals surface area contributed by atoms with Crippen LogP contribution in [0.2, 0.25) is 5.02 Å². The molecule has 8 nitrogen and oxygen atoms in total. The Bertz CT molecular complexity index is 1090. The molecule has 0 aliphatic carbocycles. The Balaban J connectivity index is 1.70. The molecule has 0 aliphatic heterocycles. The summed E-state index contributed by atoms with van der Waals surface area (Å²) in [6.45, 7) is 4.29. The van der Waals surface area contributed by atoms with Crippen molar-refractivity contribution in [3.8, 4) is 0 Å². The van der Waals surface area contributed by atoms with Gasteiger partial charge in [0, 0.05) is 34.0 Å². The van der Waals surface area contributed by atoms with Crippen LogP contribution in [0.15, 0.2) is 53.6 Å². The van der Waals surface area contributed by atoms with Gasteiger partial charge in [-0.15, -0.1) is 0 Å². The number of aromatic nitrogens is 2. The lowest BCUT2D eigenvalue weighted by atomic mass is 10.2. The molecule has 0 bridgehead atoms. The molecule has 0 saturated carbocycles. The molecule has 0 spiro atoms. The number of aryl methyl sites for hydroxylation is 1. The van der Waals surface area contributed by atoms with Crippen molar-refractivity contribution in [3.05, 3.63) is 91.7 Å². The fraction of sp³-hybridized carbons (Fsp3) is 0.150. The number of halogens is 1. The van der Waals surface area contributed by atoms with Crippen molar-refractivity contribution in [2.24, 2.45) is 5.10 Å². The smallest absolute Gasteiger partial charge is 0.267 e. The van der Waals surface area contributed by atoms with Gasteiger partial charge in [-0.25, -0.2) is 5.43 Å². The number of hydrogen-bond donors (Lipinski definition) is 1. The third kappa shape index (κ3) is 4.67. The Morgan fingerprint density at radius 3 is 2.59 bits per heavy atom. The van der Waals surface area contributed by atoms with Crippen molar-refractivity contribution in [2.45, 2.75) is 20.4 Å². The summed E-state index contributed by atoms with van der Waals surface area (Å²) in [5.41, 5.74) is 6.01. The summed E-state index contributed by atoms with van der Waals surface area (Å²) >= 11 is 6.22. The number of carbonyl (C=O) groups excluding carboxylic acids is 1. The first-order valence-electron chi connectivity index (χ1n) is 8.72. The Morgan fingerprint density at radius 2 is 1.93 bits per heavy atom. The fourth-order valence-electron chi connectivity index (χ4n) is 2.79. The summed E-state index contributed by atoms with van der Waals surface area (Å²) in [5, 5.41) is 19.9. The second-order valence-electron chi connectivity index (χ2n) is 6.34. The minimum absolute atomic E-state index is 0.0813. The van der Waals surface area contributed by atoms with Gasteiger partial charge in [-0.05, 0) is 37.6 Å². The van der Waals surface area contributed by atoms with E-state index in [-0.39, 0.29) is 11.3 Å². The second kappa shape index (κ2) is 8.66. The minimum Gasteiger partial charge on any atom is -0.267 e. The quantitative estimate of drug-likeness (QED) is 0.377. The molecule has 3 rings (SSSR count). The molecular formula is C20H18ClN5O3. The van der Waals surface area contributed by atoms with Gasteiger partial charge in [0.05, 0.1) is 23.4 Å². The first-order chi connectivity index (χ1) is 13.9. The first-order valence-corrected chi connectivity index (χ1v) is 9.10. The van der Waals surface area contributed by atoms with Gasteiger partial charge in [-0.3, -0.25) is 19.6 Å². The van der Waals surface area contributed by atoms with Crippen LogP contribution in [0.1, 0.15) is 32.9 Å². The van der Waals surface area contributed by atoms with Gasteiger partial charge in [-0.2, -0.15) is 10.2 Å². The van der Waals surface area contributed by atoms with E-state index in [0.717, 1.165) is 22.5 Å².